The Balaban J connectivity index is 1.81. The smallest absolute Gasteiger partial charge is 0.128 e. The van der Waals surface area contributed by atoms with Crippen LogP contribution in [0, 0.1) is 0 Å². The van der Waals surface area contributed by atoms with Gasteiger partial charge in [0.1, 0.15) is 11.4 Å². The van der Waals surface area contributed by atoms with Gasteiger partial charge in [-0.05, 0) is 56.2 Å². The molecule has 0 radical (unpaired) electrons. The van der Waals surface area contributed by atoms with E-state index >= 15 is 0 Å². The highest BCUT2D eigenvalue weighted by Gasteiger charge is 2.26. The van der Waals surface area contributed by atoms with Gasteiger partial charge in [0.25, 0.3) is 0 Å². The van der Waals surface area contributed by atoms with Crippen molar-refractivity contribution in [3.05, 3.63) is 70.8 Å². The van der Waals surface area contributed by atoms with Gasteiger partial charge < -0.3 is 10.1 Å². The molecule has 1 heterocycles. The summed E-state index contributed by atoms with van der Waals surface area (Å²) in [7, 11) is 0. The predicted octanol–water partition coefficient (Wildman–Crippen LogP) is 5.25. The Morgan fingerprint density at radius 2 is 1.87 bits per heavy atom. The Kier molecular flexibility index (Phi) is 4.47. The summed E-state index contributed by atoms with van der Waals surface area (Å²) in [6, 6.07) is 16.6. The zero-order valence-corrected chi connectivity index (χ0v) is 14.5. The summed E-state index contributed by atoms with van der Waals surface area (Å²) >= 11 is 6.17. The van der Waals surface area contributed by atoms with E-state index in [2.05, 4.69) is 56.4 Å². The normalized spacial score (nSPS) is 17.0. The summed E-state index contributed by atoms with van der Waals surface area (Å²) in [4.78, 5) is 0. The van der Waals surface area contributed by atoms with Gasteiger partial charge in [0.05, 0.1) is 0 Å². The third-order valence-electron chi connectivity index (χ3n) is 4.08. The van der Waals surface area contributed by atoms with E-state index < -0.39 is 0 Å². The molecule has 0 spiro atoms. The van der Waals surface area contributed by atoms with Crippen LogP contribution >= 0.6 is 11.6 Å². The lowest BCUT2D eigenvalue weighted by Gasteiger charge is -2.32. The highest BCUT2D eigenvalue weighted by atomic mass is 35.5. The Bertz CT molecular complexity index is 722. The maximum Gasteiger partial charge on any atom is 0.128 e. The van der Waals surface area contributed by atoms with Gasteiger partial charge in [-0.15, -0.1) is 0 Å². The lowest BCUT2D eigenvalue weighted by Crippen LogP contribution is -2.31. The number of hydrogen-bond acceptors (Lipinski definition) is 2. The van der Waals surface area contributed by atoms with Crippen molar-refractivity contribution in [1.29, 1.82) is 0 Å². The van der Waals surface area contributed by atoms with E-state index in [9.17, 15) is 0 Å². The van der Waals surface area contributed by atoms with Gasteiger partial charge in [0.15, 0.2) is 0 Å². The molecule has 2 nitrogen and oxygen atoms in total. The molecule has 1 aliphatic rings. The highest BCUT2D eigenvalue weighted by Crippen LogP contribution is 2.37. The van der Waals surface area contributed by atoms with Gasteiger partial charge in [0, 0.05) is 23.2 Å². The topological polar surface area (TPSA) is 21.3 Å². The zero-order chi connectivity index (χ0) is 16.4. The van der Waals surface area contributed by atoms with Crippen molar-refractivity contribution in [2.45, 2.75) is 32.4 Å². The molecule has 0 aromatic heterocycles. The summed E-state index contributed by atoms with van der Waals surface area (Å²) in [5.74, 6) is 0.895. The van der Waals surface area contributed by atoms with E-state index in [1.807, 2.05) is 24.3 Å². The van der Waals surface area contributed by atoms with E-state index in [0.717, 1.165) is 22.9 Å². The van der Waals surface area contributed by atoms with Gasteiger partial charge in [-0.25, -0.2) is 0 Å². The number of rotatable bonds is 4. The second-order valence-electron chi connectivity index (χ2n) is 6.53. The van der Waals surface area contributed by atoms with Gasteiger partial charge in [-0.2, -0.15) is 0 Å². The van der Waals surface area contributed by atoms with E-state index in [0.29, 0.717) is 0 Å². The SMILES string of the molecule is CC(NCC1=CC(C)(C)Oc2ccc(Cl)cc21)c1ccccc1. The molecule has 1 aliphatic heterocycles. The lowest BCUT2D eigenvalue weighted by molar-refractivity contribution is 0.157. The van der Waals surface area contributed by atoms with Gasteiger partial charge in [0.2, 0.25) is 0 Å². The van der Waals surface area contributed by atoms with Crippen molar-refractivity contribution >= 4 is 17.2 Å². The van der Waals surface area contributed by atoms with E-state index in [1.54, 1.807) is 0 Å². The Morgan fingerprint density at radius 3 is 2.61 bits per heavy atom. The Labute approximate surface area is 143 Å². The van der Waals surface area contributed by atoms with Crippen LogP contribution in [0.25, 0.3) is 5.57 Å². The number of halogens is 1. The van der Waals surface area contributed by atoms with Crippen LogP contribution in [0.1, 0.15) is 37.9 Å². The Hall–Kier alpha value is -1.77. The van der Waals surface area contributed by atoms with Crippen molar-refractivity contribution < 1.29 is 4.74 Å². The first-order valence-electron chi connectivity index (χ1n) is 7.94. The average molecular weight is 328 g/mol. The molecule has 0 saturated heterocycles. The molecular formula is C20H22ClNO. The summed E-state index contributed by atoms with van der Waals surface area (Å²) in [6.45, 7) is 7.10. The van der Waals surface area contributed by atoms with Crippen LogP contribution in [0.3, 0.4) is 0 Å². The molecule has 1 unspecified atom stereocenters. The number of benzene rings is 2. The summed E-state index contributed by atoms with van der Waals surface area (Å²) in [6.07, 6.45) is 2.18. The van der Waals surface area contributed by atoms with Crippen molar-refractivity contribution in [1.82, 2.24) is 5.32 Å². The minimum Gasteiger partial charge on any atom is -0.483 e. The third kappa shape index (κ3) is 3.77. The molecule has 0 amide bonds. The molecule has 0 fully saturated rings. The van der Waals surface area contributed by atoms with Crippen molar-refractivity contribution in [2.75, 3.05) is 6.54 Å². The largest absolute Gasteiger partial charge is 0.483 e. The summed E-state index contributed by atoms with van der Waals surface area (Å²) < 4.78 is 6.03. The van der Waals surface area contributed by atoms with Crippen molar-refractivity contribution in [2.24, 2.45) is 0 Å². The average Bonchev–Trinajstić information content (AvgIpc) is 2.53. The zero-order valence-electron chi connectivity index (χ0n) is 13.8. The molecule has 1 N–H and O–H groups in total. The molecule has 3 heteroatoms. The molecule has 0 bridgehead atoms. The quantitative estimate of drug-likeness (QED) is 0.828. The van der Waals surface area contributed by atoms with Crippen LogP contribution in [-0.2, 0) is 0 Å². The fourth-order valence-corrected chi connectivity index (χ4v) is 3.09. The number of nitrogens with one attached hydrogen (secondary N) is 1. The van der Waals surface area contributed by atoms with E-state index in [-0.39, 0.29) is 11.6 Å². The maximum absolute atomic E-state index is 6.17. The first-order valence-corrected chi connectivity index (χ1v) is 8.31. The first kappa shape index (κ1) is 16.1. The van der Waals surface area contributed by atoms with Gasteiger partial charge in [-0.3, -0.25) is 0 Å². The minimum absolute atomic E-state index is 0.283. The lowest BCUT2D eigenvalue weighted by atomic mass is 9.94. The fraction of sp³-hybridized carbons (Fsp3) is 0.300. The van der Waals surface area contributed by atoms with E-state index in [4.69, 9.17) is 16.3 Å². The molecule has 2 aromatic carbocycles. The number of fused-ring (bicyclic) bond motifs is 1. The van der Waals surface area contributed by atoms with Crippen molar-refractivity contribution in [3.8, 4) is 5.75 Å². The second-order valence-corrected chi connectivity index (χ2v) is 6.97. The predicted molar refractivity (Wildman–Crippen MR) is 97.0 cm³/mol. The number of hydrogen-bond donors (Lipinski definition) is 1. The molecule has 0 saturated carbocycles. The van der Waals surface area contributed by atoms with Crippen LogP contribution in [0.5, 0.6) is 5.75 Å². The second kappa shape index (κ2) is 6.38. The standard InChI is InChI=1S/C20H22ClNO/c1-14(15-7-5-4-6-8-15)22-13-16-12-20(2,3)23-19-10-9-17(21)11-18(16)19/h4-12,14,22H,13H2,1-3H3. The van der Waals surface area contributed by atoms with Crippen LogP contribution in [0.15, 0.2) is 54.6 Å². The molecule has 23 heavy (non-hydrogen) atoms. The van der Waals surface area contributed by atoms with Crippen LogP contribution in [0.4, 0.5) is 0 Å². The van der Waals surface area contributed by atoms with Crippen LogP contribution < -0.4 is 10.1 Å². The molecule has 120 valence electrons. The summed E-state index contributed by atoms with van der Waals surface area (Å²) in [5, 5.41) is 4.33. The fourth-order valence-electron chi connectivity index (χ4n) is 2.92. The first-order chi connectivity index (χ1) is 10.9. The monoisotopic (exact) mass is 327 g/mol. The Morgan fingerprint density at radius 1 is 1.13 bits per heavy atom. The molecule has 2 aromatic rings. The third-order valence-corrected chi connectivity index (χ3v) is 4.32. The number of ether oxygens (including phenoxy) is 1. The molecule has 1 atom stereocenters. The van der Waals surface area contributed by atoms with Crippen LogP contribution in [-0.4, -0.2) is 12.1 Å². The van der Waals surface area contributed by atoms with Crippen molar-refractivity contribution in [3.63, 3.8) is 0 Å². The van der Waals surface area contributed by atoms with E-state index in [1.165, 1.54) is 11.1 Å². The van der Waals surface area contributed by atoms with Gasteiger partial charge in [-0.1, -0.05) is 41.9 Å². The molecule has 3 rings (SSSR count). The molecular weight excluding hydrogens is 306 g/mol. The van der Waals surface area contributed by atoms with Crippen LogP contribution in [0.2, 0.25) is 5.02 Å². The molecule has 0 aliphatic carbocycles. The summed E-state index contributed by atoms with van der Waals surface area (Å²) in [5.41, 5.74) is 3.27. The highest BCUT2D eigenvalue weighted by molar-refractivity contribution is 6.30. The minimum atomic E-state index is -0.312. The van der Waals surface area contributed by atoms with Gasteiger partial charge >= 0.3 is 0 Å². The maximum atomic E-state index is 6.17.